The highest BCUT2D eigenvalue weighted by Crippen LogP contribution is 2.21. The maximum Gasteiger partial charge on any atom is 0.228 e. The van der Waals surface area contributed by atoms with E-state index in [9.17, 15) is 9.59 Å². The van der Waals surface area contributed by atoms with Gasteiger partial charge in [0.1, 0.15) is 0 Å². The van der Waals surface area contributed by atoms with Gasteiger partial charge in [-0.05, 0) is 45.5 Å². The molecule has 0 unspecified atom stereocenters. The number of hydrogen-bond acceptors (Lipinski definition) is 2. The van der Waals surface area contributed by atoms with Gasteiger partial charge in [0.15, 0.2) is 5.78 Å². The molecule has 0 bridgehead atoms. The highest BCUT2D eigenvalue weighted by Gasteiger charge is 2.04. The Balaban J connectivity index is 2.27. The molecule has 2 radical (unpaired) electrons. The lowest BCUT2D eigenvalue weighted by Gasteiger charge is -2.04. The molecule has 4 heteroatoms. The van der Waals surface area contributed by atoms with Gasteiger partial charge in [-0.1, -0.05) is 36.4 Å². The van der Waals surface area contributed by atoms with Crippen LogP contribution in [0.15, 0.2) is 48.5 Å². The van der Waals surface area contributed by atoms with Gasteiger partial charge >= 0.3 is 0 Å². The number of hydrogen-bond donors (Lipinski definition) is 0. The lowest BCUT2D eigenvalue weighted by atomic mass is 9.94. The summed E-state index contributed by atoms with van der Waals surface area (Å²) in [5.74, 6) is -0.0771. The Morgan fingerprint density at radius 3 is 1.63 bits per heavy atom. The second kappa shape index (κ2) is 5.98. The Morgan fingerprint density at radius 1 is 0.842 bits per heavy atom. The smallest absolute Gasteiger partial charge is 0.228 e. The highest BCUT2D eigenvalue weighted by molar-refractivity contribution is 9.18. The van der Waals surface area contributed by atoms with Crippen LogP contribution in [-0.2, 0) is 0 Å². The summed E-state index contributed by atoms with van der Waals surface area (Å²) in [6.07, 6.45) is 0.0153. The molecule has 0 atom stereocenters. The quantitative estimate of drug-likeness (QED) is 0.490. The van der Waals surface area contributed by atoms with Gasteiger partial charge in [0, 0.05) is 11.1 Å². The van der Waals surface area contributed by atoms with Crippen molar-refractivity contribution >= 4 is 34.3 Å². The summed E-state index contributed by atoms with van der Waals surface area (Å²) in [5, 5.41) is 0. The summed E-state index contributed by atoms with van der Waals surface area (Å²) in [5.41, 5.74) is 3.20. The highest BCUT2D eigenvalue weighted by atomic mass is 79.9. The Morgan fingerprint density at radius 2 is 1.26 bits per heavy atom. The summed E-state index contributed by atoms with van der Waals surface area (Å²) in [6.45, 7) is 0. The van der Waals surface area contributed by atoms with Crippen LogP contribution in [0, 0.1) is 0 Å². The van der Waals surface area contributed by atoms with Gasteiger partial charge in [0.05, 0.1) is 7.85 Å². The topological polar surface area (TPSA) is 34.1 Å². The number of rotatable bonds is 4. The van der Waals surface area contributed by atoms with Gasteiger partial charge in [-0.25, -0.2) is 0 Å². The summed E-state index contributed by atoms with van der Waals surface area (Å²) < 4.78 is -0.136. The van der Waals surface area contributed by atoms with Crippen LogP contribution in [0.25, 0.3) is 11.1 Å². The molecular weight excluding hydrogens is 303 g/mol. The minimum atomic E-state index is -0.136. The lowest BCUT2D eigenvalue weighted by molar-refractivity contribution is 0.101. The third-order valence-electron chi connectivity index (χ3n) is 2.84. The number of carbonyl (C=O) groups is 2. The van der Waals surface area contributed by atoms with Crippen molar-refractivity contribution in [2.75, 3.05) is 0 Å². The van der Waals surface area contributed by atoms with Crippen LogP contribution in [0.5, 0.6) is 0 Å². The number of carbonyl (C=O) groups excluding carboxylic acids is 2. The molecule has 0 aliphatic carbocycles. The van der Waals surface area contributed by atoms with Crippen LogP contribution in [0.2, 0.25) is 6.32 Å². The van der Waals surface area contributed by atoms with Crippen molar-refractivity contribution in [1.82, 2.24) is 0 Å². The molecule has 0 fully saturated rings. The Kier molecular flexibility index (Phi) is 4.33. The number of ketones is 1. The molecule has 0 amide bonds. The Bertz CT molecular complexity index is 603. The van der Waals surface area contributed by atoms with Gasteiger partial charge in [0.2, 0.25) is 4.69 Å². The molecule has 0 aromatic heterocycles. The van der Waals surface area contributed by atoms with E-state index in [0.717, 1.165) is 11.1 Å². The Labute approximate surface area is 121 Å². The van der Waals surface area contributed by atoms with Crippen LogP contribution >= 0.6 is 15.9 Å². The predicted molar refractivity (Wildman–Crippen MR) is 80.0 cm³/mol. The minimum Gasteiger partial charge on any atom is -0.295 e. The van der Waals surface area contributed by atoms with Crippen LogP contribution in [0.1, 0.15) is 20.7 Å². The first-order valence-electron chi connectivity index (χ1n) is 5.75. The van der Waals surface area contributed by atoms with E-state index in [1.165, 1.54) is 0 Å². The van der Waals surface area contributed by atoms with Crippen LogP contribution in [-0.4, -0.2) is 18.3 Å². The maximum absolute atomic E-state index is 11.4. The fourth-order valence-corrected chi connectivity index (χ4v) is 2.02. The average Bonchev–Trinajstić information content (AvgIpc) is 2.46. The minimum absolute atomic E-state index is 0.0153. The first kappa shape index (κ1) is 13.7. The molecule has 0 saturated carbocycles. The number of halogens is 1. The number of Topliss-reactive ketones (excluding diaryl/α,β-unsaturated/α-hetero) is 1. The maximum atomic E-state index is 11.4. The first-order chi connectivity index (χ1) is 9.11. The van der Waals surface area contributed by atoms with Gasteiger partial charge in [0.25, 0.3) is 0 Å². The standard InChI is InChI=1S/C15H10BBrO2/c16-9-14(18)12-5-1-10(2-6-12)11-3-7-13(8-4-11)15(17)19/h1-8H,9H2. The van der Waals surface area contributed by atoms with Crippen molar-refractivity contribution in [3.8, 4) is 11.1 Å². The zero-order chi connectivity index (χ0) is 13.8. The summed E-state index contributed by atoms with van der Waals surface area (Å²) >= 11 is 2.91. The zero-order valence-electron chi connectivity index (χ0n) is 10.1. The largest absolute Gasteiger partial charge is 0.295 e. The third-order valence-corrected chi connectivity index (χ3v) is 3.30. The molecule has 19 heavy (non-hydrogen) atoms. The molecule has 0 N–H and O–H groups in total. The fourth-order valence-electron chi connectivity index (χ4n) is 1.76. The fraction of sp³-hybridized carbons (Fsp3) is 0.0667. The lowest BCUT2D eigenvalue weighted by Crippen LogP contribution is -1.96. The van der Waals surface area contributed by atoms with E-state index in [2.05, 4.69) is 15.9 Å². The van der Waals surface area contributed by atoms with E-state index in [1.807, 2.05) is 24.3 Å². The molecule has 2 aromatic rings. The van der Waals surface area contributed by atoms with E-state index in [4.69, 9.17) is 7.85 Å². The third kappa shape index (κ3) is 3.21. The van der Waals surface area contributed by atoms with Gasteiger partial charge in [-0.2, -0.15) is 0 Å². The molecule has 92 valence electrons. The molecule has 0 saturated heterocycles. The molecule has 0 aliphatic heterocycles. The molecular formula is C15H10BBrO2. The monoisotopic (exact) mass is 312 g/mol. The van der Waals surface area contributed by atoms with E-state index < -0.39 is 0 Å². The molecule has 0 aliphatic rings. The van der Waals surface area contributed by atoms with Crippen molar-refractivity contribution in [2.45, 2.75) is 6.32 Å². The van der Waals surface area contributed by atoms with Gasteiger partial charge in [-0.15, -0.1) is 0 Å². The first-order valence-corrected chi connectivity index (χ1v) is 6.54. The van der Waals surface area contributed by atoms with E-state index in [-0.39, 0.29) is 16.8 Å². The second-order valence-corrected chi connectivity index (χ2v) is 4.78. The zero-order valence-corrected chi connectivity index (χ0v) is 11.7. The van der Waals surface area contributed by atoms with Gasteiger partial charge < -0.3 is 0 Å². The van der Waals surface area contributed by atoms with Crippen LogP contribution < -0.4 is 0 Å². The van der Waals surface area contributed by atoms with E-state index in [0.29, 0.717) is 11.1 Å². The van der Waals surface area contributed by atoms with Crippen molar-refractivity contribution in [3.05, 3.63) is 59.7 Å². The Hall–Kier alpha value is -1.68. The summed E-state index contributed by atoms with van der Waals surface area (Å²) in [7, 11) is 5.31. The predicted octanol–water partition coefficient (Wildman–Crippen LogP) is 3.66. The van der Waals surface area contributed by atoms with Crippen LogP contribution in [0.3, 0.4) is 0 Å². The SMILES string of the molecule is [B]CC(=O)c1ccc(-c2ccc(C(=O)Br)cc2)cc1. The van der Waals surface area contributed by atoms with E-state index in [1.54, 1.807) is 24.3 Å². The van der Waals surface area contributed by atoms with Crippen molar-refractivity contribution < 1.29 is 9.59 Å². The second-order valence-electron chi connectivity index (χ2n) is 4.06. The number of benzene rings is 2. The van der Waals surface area contributed by atoms with Crippen molar-refractivity contribution in [2.24, 2.45) is 0 Å². The van der Waals surface area contributed by atoms with Crippen molar-refractivity contribution in [1.29, 1.82) is 0 Å². The van der Waals surface area contributed by atoms with E-state index >= 15 is 0 Å². The summed E-state index contributed by atoms with van der Waals surface area (Å²) in [6, 6.07) is 14.5. The normalized spacial score (nSPS) is 10.2. The average molecular weight is 313 g/mol. The molecule has 0 spiro atoms. The molecule has 2 rings (SSSR count). The van der Waals surface area contributed by atoms with Crippen LogP contribution in [0.4, 0.5) is 0 Å². The molecule has 2 nitrogen and oxygen atoms in total. The summed E-state index contributed by atoms with van der Waals surface area (Å²) in [4.78, 5) is 22.5. The molecule has 0 heterocycles. The van der Waals surface area contributed by atoms with Gasteiger partial charge in [-0.3, -0.25) is 9.59 Å². The molecule has 2 aromatic carbocycles. The van der Waals surface area contributed by atoms with Crippen molar-refractivity contribution in [3.63, 3.8) is 0 Å².